The zero-order valence-corrected chi connectivity index (χ0v) is 10.3. The van der Waals surface area contributed by atoms with Gasteiger partial charge in [0.15, 0.2) is 0 Å². The fourth-order valence-corrected chi connectivity index (χ4v) is 3.70. The summed E-state index contributed by atoms with van der Waals surface area (Å²) >= 11 is 1.99. The predicted molar refractivity (Wildman–Crippen MR) is 67.2 cm³/mol. The van der Waals surface area contributed by atoms with Crippen LogP contribution in [-0.4, -0.2) is 11.3 Å². The Hall–Kier alpha value is -0.470. The molecule has 82 valence electrons. The minimum atomic E-state index is 0.348. The van der Waals surface area contributed by atoms with Gasteiger partial charge in [0.05, 0.1) is 0 Å². The second-order valence-corrected chi connectivity index (χ2v) is 5.90. The highest BCUT2D eigenvalue weighted by Gasteiger charge is 2.52. The Morgan fingerprint density at radius 1 is 1.47 bits per heavy atom. The van der Waals surface area contributed by atoms with Crippen LogP contribution in [0.25, 0.3) is 0 Å². The molecule has 0 aromatic heterocycles. The molecule has 0 amide bonds. The molecule has 0 radical (unpaired) electrons. The largest absolute Gasteiger partial charge is 0.329 e. The van der Waals surface area contributed by atoms with Gasteiger partial charge in [0.2, 0.25) is 0 Å². The molecule has 2 atom stereocenters. The first-order chi connectivity index (χ1) is 7.22. The molecule has 1 fully saturated rings. The van der Waals surface area contributed by atoms with Gasteiger partial charge >= 0.3 is 0 Å². The van der Waals surface area contributed by atoms with E-state index in [1.165, 1.54) is 23.3 Å². The standard InChI is InChI=1S/C13H19NS/c1-3-11-8-13(11,9-14)15-12-7-5-4-6-10(12)2/h4-7,11H,3,8-9,14H2,1-2H3. The van der Waals surface area contributed by atoms with Crippen molar-refractivity contribution in [2.24, 2.45) is 11.7 Å². The van der Waals surface area contributed by atoms with Crippen LogP contribution in [0.2, 0.25) is 0 Å². The second-order valence-electron chi connectivity index (χ2n) is 4.45. The van der Waals surface area contributed by atoms with E-state index in [4.69, 9.17) is 5.73 Å². The lowest BCUT2D eigenvalue weighted by atomic mass is 10.2. The Bertz CT molecular complexity index is 350. The fourth-order valence-electron chi connectivity index (χ4n) is 2.18. The van der Waals surface area contributed by atoms with Crippen molar-refractivity contribution in [2.75, 3.05) is 6.54 Å². The maximum atomic E-state index is 5.91. The Balaban J connectivity index is 2.12. The molecule has 2 rings (SSSR count). The number of aryl methyl sites for hydroxylation is 1. The van der Waals surface area contributed by atoms with Gasteiger partial charge < -0.3 is 5.73 Å². The number of hydrogen-bond donors (Lipinski definition) is 1. The van der Waals surface area contributed by atoms with E-state index in [9.17, 15) is 0 Å². The van der Waals surface area contributed by atoms with Crippen molar-refractivity contribution in [3.8, 4) is 0 Å². The smallest absolute Gasteiger partial charge is 0.0361 e. The highest BCUT2D eigenvalue weighted by molar-refractivity contribution is 8.01. The summed E-state index contributed by atoms with van der Waals surface area (Å²) in [6.07, 6.45) is 2.55. The summed E-state index contributed by atoms with van der Waals surface area (Å²) in [4.78, 5) is 1.40. The van der Waals surface area contributed by atoms with Crippen molar-refractivity contribution in [1.82, 2.24) is 0 Å². The van der Waals surface area contributed by atoms with Crippen molar-refractivity contribution in [1.29, 1.82) is 0 Å². The second kappa shape index (κ2) is 4.18. The zero-order chi connectivity index (χ0) is 10.9. The predicted octanol–water partition coefficient (Wildman–Crippen LogP) is 3.21. The topological polar surface area (TPSA) is 26.0 Å². The number of benzene rings is 1. The van der Waals surface area contributed by atoms with E-state index in [-0.39, 0.29) is 0 Å². The Morgan fingerprint density at radius 3 is 2.73 bits per heavy atom. The van der Waals surface area contributed by atoms with Gasteiger partial charge in [-0.3, -0.25) is 0 Å². The van der Waals surface area contributed by atoms with Crippen LogP contribution in [0.5, 0.6) is 0 Å². The third-order valence-corrected chi connectivity index (χ3v) is 5.17. The van der Waals surface area contributed by atoms with Crippen LogP contribution >= 0.6 is 11.8 Å². The van der Waals surface area contributed by atoms with E-state index in [1.54, 1.807) is 0 Å². The minimum absolute atomic E-state index is 0.348. The molecule has 1 aliphatic rings. The summed E-state index contributed by atoms with van der Waals surface area (Å²) in [5.74, 6) is 0.826. The summed E-state index contributed by atoms with van der Waals surface area (Å²) in [7, 11) is 0. The number of thioether (sulfide) groups is 1. The van der Waals surface area contributed by atoms with Crippen LogP contribution < -0.4 is 5.73 Å². The molecule has 0 bridgehead atoms. The highest BCUT2D eigenvalue weighted by Crippen LogP contribution is 2.57. The SMILES string of the molecule is CCC1CC1(CN)Sc1ccccc1C. The van der Waals surface area contributed by atoms with Crippen molar-refractivity contribution in [3.63, 3.8) is 0 Å². The first-order valence-electron chi connectivity index (χ1n) is 5.66. The third kappa shape index (κ3) is 2.06. The lowest BCUT2D eigenvalue weighted by Crippen LogP contribution is -2.20. The van der Waals surface area contributed by atoms with Crippen LogP contribution in [-0.2, 0) is 0 Å². The molecule has 2 N–H and O–H groups in total. The van der Waals surface area contributed by atoms with Gasteiger partial charge in [0.1, 0.15) is 0 Å². The summed E-state index contributed by atoms with van der Waals surface area (Å²) in [6, 6.07) is 8.60. The number of nitrogens with two attached hydrogens (primary N) is 1. The van der Waals surface area contributed by atoms with Crippen molar-refractivity contribution in [2.45, 2.75) is 36.3 Å². The first kappa shape index (κ1) is 11.0. The van der Waals surface area contributed by atoms with Crippen LogP contribution in [0.15, 0.2) is 29.2 Å². The molecule has 1 nitrogen and oxygen atoms in total. The number of hydrogen-bond acceptors (Lipinski definition) is 2. The van der Waals surface area contributed by atoms with Gasteiger partial charge in [-0.1, -0.05) is 31.5 Å². The van der Waals surface area contributed by atoms with Crippen molar-refractivity contribution < 1.29 is 0 Å². The molecule has 1 saturated carbocycles. The molecular formula is C13H19NS. The van der Waals surface area contributed by atoms with Crippen molar-refractivity contribution in [3.05, 3.63) is 29.8 Å². The molecule has 2 heteroatoms. The van der Waals surface area contributed by atoms with Gasteiger partial charge in [0.25, 0.3) is 0 Å². The van der Waals surface area contributed by atoms with Crippen LogP contribution in [0.1, 0.15) is 25.3 Å². The normalized spacial score (nSPS) is 29.1. The van der Waals surface area contributed by atoms with E-state index in [1.807, 2.05) is 11.8 Å². The molecule has 15 heavy (non-hydrogen) atoms. The van der Waals surface area contributed by atoms with E-state index < -0.39 is 0 Å². The Morgan fingerprint density at radius 2 is 2.20 bits per heavy atom. The van der Waals surface area contributed by atoms with Crippen molar-refractivity contribution >= 4 is 11.8 Å². The molecule has 1 aromatic carbocycles. The third-order valence-electron chi connectivity index (χ3n) is 3.42. The zero-order valence-electron chi connectivity index (χ0n) is 9.49. The average Bonchev–Trinajstić information content (AvgIpc) is 2.96. The van der Waals surface area contributed by atoms with Gasteiger partial charge in [-0.2, -0.15) is 0 Å². The lowest BCUT2D eigenvalue weighted by Gasteiger charge is -2.15. The molecular weight excluding hydrogens is 202 g/mol. The first-order valence-corrected chi connectivity index (χ1v) is 6.48. The lowest BCUT2D eigenvalue weighted by molar-refractivity contribution is 0.718. The molecule has 1 aromatic rings. The summed E-state index contributed by atoms with van der Waals surface area (Å²) in [5, 5.41) is 0. The monoisotopic (exact) mass is 221 g/mol. The number of rotatable bonds is 4. The average molecular weight is 221 g/mol. The van der Waals surface area contributed by atoms with Gasteiger partial charge in [0, 0.05) is 16.2 Å². The maximum Gasteiger partial charge on any atom is 0.0361 e. The van der Waals surface area contributed by atoms with Gasteiger partial charge in [-0.25, -0.2) is 0 Å². The van der Waals surface area contributed by atoms with Gasteiger partial charge in [-0.15, -0.1) is 11.8 Å². The molecule has 2 unspecified atom stereocenters. The summed E-state index contributed by atoms with van der Waals surface area (Å²) in [6.45, 7) is 5.25. The maximum absolute atomic E-state index is 5.91. The molecule has 0 aliphatic heterocycles. The van der Waals surface area contributed by atoms with E-state index in [2.05, 4.69) is 38.1 Å². The van der Waals surface area contributed by atoms with Crippen LogP contribution in [0.4, 0.5) is 0 Å². The summed E-state index contributed by atoms with van der Waals surface area (Å²) < 4.78 is 0.348. The van der Waals surface area contributed by atoms with Crippen LogP contribution in [0, 0.1) is 12.8 Å². The van der Waals surface area contributed by atoms with E-state index in [0.29, 0.717) is 4.75 Å². The van der Waals surface area contributed by atoms with Gasteiger partial charge in [-0.05, 0) is 30.9 Å². The van der Waals surface area contributed by atoms with E-state index >= 15 is 0 Å². The quantitative estimate of drug-likeness (QED) is 0.845. The van der Waals surface area contributed by atoms with E-state index in [0.717, 1.165) is 12.5 Å². The molecule has 0 heterocycles. The Kier molecular flexibility index (Phi) is 3.08. The molecule has 0 saturated heterocycles. The Labute approximate surface area is 96.4 Å². The highest BCUT2D eigenvalue weighted by atomic mass is 32.2. The van der Waals surface area contributed by atoms with Crippen LogP contribution in [0.3, 0.4) is 0 Å². The fraction of sp³-hybridized carbons (Fsp3) is 0.538. The summed E-state index contributed by atoms with van der Waals surface area (Å²) in [5.41, 5.74) is 7.28. The molecule has 0 spiro atoms. The minimum Gasteiger partial charge on any atom is -0.329 e. The molecule has 1 aliphatic carbocycles.